The summed E-state index contributed by atoms with van der Waals surface area (Å²) in [5, 5.41) is 0. The van der Waals surface area contributed by atoms with Gasteiger partial charge < -0.3 is 4.74 Å². The molecule has 4 saturated carbocycles. The molecule has 9 atom stereocenters. The van der Waals surface area contributed by atoms with E-state index in [1.807, 2.05) is 0 Å². The third kappa shape index (κ3) is 3.95. The van der Waals surface area contributed by atoms with Gasteiger partial charge in [-0.1, -0.05) is 6.92 Å². The van der Waals surface area contributed by atoms with Gasteiger partial charge in [0.15, 0.2) is 0 Å². The van der Waals surface area contributed by atoms with E-state index in [9.17, 15) is 18.0 Å². The van der Waals surface area contributed by atoms with Gasteiger partial charge in [-0.05, 0) is 87.4 Å². The lowest BCUT2D eigenvalue weighted by Crippen LogP contribution is -2.57. The number of Topliss-reactive ketones (excluding diaryl/α,β-unsaturated/α-hetero) is 1. The minimum absolute atomic E-state index is 0.0275. The van der Waals surface area contributed by atoms with Crippen LogP contribution in [0.4, 0.5) is 0 Å². The first-order valence-electron chi connectivity index (χ1n) is 11.3. The normalized spacial score (nSPS) is 45.7. The Hall–Kier alpha value is -0.990. The van der Waals surface area contributed by atoms with Gasteiger partial charge >= 0.3 is 16.4 Å². The second-order valence-electron chi connectivity index (χ2n) is 10.4. The van der Waals surface area contributed by atoms with E-state index >= 15 is 0 Å². The fourth-order valence-corrected chi connectivity index (χ4v) is 8.45. The van der Waals surface area contributed by atoms with E-state index < -0.39 is 16.5 Å². The summed E-state index contributed by atoms with van der Waals surface area (Å²) in [6.07, 6.45) is 5.94. The second kappa shape index (κ2) is 7.85. The summed E-state index contributed by atoms with van der Waals surface area (Å²) in [7, 11) is -4.48. The molecule has 0 spiro atoms. The Morgan fingerprint density at radius 3 is 2.33 bits per heavy atom. The van der Waals surface area contributed by atoms with Crippen LogP contribution in [-0.4, -0.2) is 36.9 Å². The van der Waals surface area contributed by atoms with E-state index in [1.54, 1.807) is 6.92 Å². The van der Waals surface area contributed by atoms with Crippen molar-refractivity contribution in [3.8, 4) is 0 Å². The highest BCUT2D eigenvalue weighted by Crippen LogP contribution is 2.64. The molecule has 4 aliphatic carbocycles. The van der Waals surface area contributed by atoms with Gasteiger partial charge in [-0.2, -0.15) is 8.42 Å². The number of carbonyl (C=O) groups is 2. The average molecular weight is 443 g/mol. The molecule has 0 aliphatic heterocycles. The van der Waals surface area contributed by atoms with E-state index in [4.69, 9.17) is 13.5 Å². The zero-order chi connectivity index (χ0) is 21.8. The van der Waals surface area contributed by atoms with E-state index in [0.29, 0.717) is 37.0 Å². The van der Waals surface area contributed by atoms with Gasteiger partial charge in [0.1, 0.15) is 11.9 Å². The molecule has 4 rings (SSSR count). The number of ketones is 1. The molecule has 0 saturated heterocycles. The molecule has 7 nitrogen and oxygen atoms in total. The summed E-state index contributed by atoms with van der Waals surface area (Å²) in [5.41, 5.74) is 0.0275. The first kappa shape index (κ1) is 22.2. The van der Waals surface area contributed by atoms with Gasteiger partial charge in [-0.3, -0.25) is 14.1 Å². The third-order valence-electron chi connectivity index (χ3n) is 9.02. The first-order chi connectivity index (χ1) is 14.0. The largest absolute Gasteiger partial charge is 0.462 e. The van der Waals surface area contributed by atoms with Crippen molar-refractivity contribution < 1.29 is 31.5 Å². The first-order valence-corrected chi connectivity index (χ1v) is 12.7. The van der Waals surface area contributed by atoms with Crippen LogP contribution in [0.25, 0.3) is 0 Å². The molecule has 0 heterocycles. The van der Waals surface area contributed by atoms with Gasteiger partial charge in [0.05, 0.1) is 6.10 Å². The summed E-state index contributed by atoms with van der Waals surface area (Å²) in [4.78, 5) is 24.1. The number of ether oxygens (including phenoxy) is 1. The van der Waals surface area contributed by atoms with Gasteiger partial charge in [-0.15, -0.1) is 0 Å². The minimum Gasteiger partial charge on any atom is -0.462 e. The Balaban J connectivity index is 1.61. The van der Waals surface area contributed by atoms with Crippen LogP contribution in [0, 0.1) is 40.9 Å². The number of hydrogen-bond donors (Lipinski definition) is 1. The Kier molecular flexibility index (Phi) is 5.81. The molecule has 0 amide bonds. The molecule has 0 radical (unpaired) electrons. The van der Waals surface area contributed by atoms with Crippen LogP contribution in [-0.2, 0) is 28.9 Å². The van der Waals surface area contributed by atoms with Gasteiger partial charge in [0.25, 0.3) is 0 Å². The van der Waals surface area contributed by atoms with Gasteiger partial charge in [0.2, 0.25) is 0 Å². The third-order valence-corrected chi connectivity index (χ3v) is 9.54. The van der Waals surface area contributed by atoms with E-state index in [1.165, 1.54) is 6.92 Å². The number of esters is 1. The molecule has 4 aliphatic rings. The van der Waals surface area contributed by atoms with Crippen molar-refractivity contribution in [2.45, 2.75) is 84.3 Å². The quantitative estimate of drug-likeness (QED) is 0.524. The molecule has 5 unspecified atom stereocenters. The van der Waals surface area contributed by atoms with Gasteiger partial charge in [0, 0.05) is 18.8 Å². The van der Waals surface area contributed by atoms with Crippen LogP contribution in [0.1, 0.15) is 72.1 Å². The summed E-state index contributed by atoms with van der Waals surface area (Å²) >= 11 is 0. The molecule has 0 aromatic carbocycles. The van der Waals surface area contributed by atoms with Crippen molar-refractivity contribution in [3.63, 3.8) is 0 Å². The second-order valence-corrected chi connectivity index (χ2v) is 11.4. The molecular formula is C22H34O7S. The van der Waals surface area contributed by atoms with Crippen molar-refractivity contribution in [1.82, 2.24) is 0 Å². The molecule has 0 aromatic heterocycles. The predicted molar refractivity (Wildman–Crippen MR) is 109 cm³/mol. The summed E-state index contributed by atoms with van der Waals surface area (Å²) in [5.74, 6) is 1.76. The molecular weight excluding hydrogens is 408 g/mol. The lowest BCUT2D eigenvalue weighted by Gasteiger charge is -2.60. The zero-order valence-electron chi connectivity index (χ0n) is 18.1. The maximum atomic E-state index is 12.2. The molecule has 8 heteroatoms. The standard InChI is InChI=1S/C22H34O7S/c1-12(23)16-4-5-18-17(16)6-7-19-21(18)20(28-13(2)24)11-14-10-15(29-30(25,26)27)8-9-22(14,19)3/h14-21H,4-11H2,1-3H3,(H,25,26,27)/t14-,15-,16?,17?,18?,19?,20-,21?,22+/m1/s1. The minimum atomic E-state index is -4.48. The Morgan fingerprint density at radius 2 is 1.70 bits per heavy atom. The fourth-order valence-electron chi connectivity index (χ4n) is 7.93. The average Bonchev–Trinajstić information content (AvgIpc) is 3.05. The number of rotatable bonds is 4. The molecule has 30 heavy (non-hydrogen) atoms. The zero-order valence-corrected chi connectivity index (χ0v) is 18.9. The summed E-state index contributed by atoms with van der Waals surface area (Å²) in [6.45, 7) is 5.46. The Bertz CT molecular complexity index is 808. The van der Waals surface area contributed by atoms with Crippen molar-refractivity contribution in [2.24, 2.45) is 40.9 Å². The van der Waals surface area contributed by atoms with Crippen LogP contribution in [0.15, 0.2) is 0 Å². The highest BCUT2D eigenvalue weighted by atomic mass is 32.3. The van der Waals surface area contributed by atoms with E-state index in [2.05, 4.69) is 6.92 Å². The topological polar surface area (TPSA) is 107 Å². The number of carbonyl (C=O) groups excluding carboxylic acids is 2. The maximum Gasteiger partial charge on any atom is 0.397 e. The fraction of sp³-hybridized carbons (Fsp3) is 0.909. The van der Waals surface area contributed by atoms with Crippen molar-refractivity contribution >= 4 is 22.2 Å². The van der Waals surface area contributed by atoms with Crippen LogP contribution in [0.3, 0.4) is 0 Å². The van der Waals surface area contributed by atoms with Gasteiger partial charge in [-0.25, -0.2) is 4.18 Å². The molecule has 0 bridgehead atoms. The van der Waals surface area contributed by atoms with Crippen molar-refractivity contribution in [2.75, 3.05) is 0 Å². The van der Waals surface area contributed by atoms with Crippen LogP contribution < -0.4 is 0 Å². The predicted octanol–water partition coefficient (Wildman–Crippen LogP) is 3.57. The SMILES string of the molecule is CC(=O)O[C@@H]1C[C@H]2C[C@H](OS(=O)(=O)O)CC[C@]2(C)C2CCC3C(C(C)=O)CCC3C21. The van der Waals surface area contributed by atoms with E-state index in [0.717, 1.165) is 32.1 Å². The lowest BCUT2D eigenvalue weighted by atomic mass is 9.46. The van der Waals surface area contributed by atoms with Crippen LogP contribution >= 0.6 is 0 Å². The van der Waals surface area contributed by atoms with Crippen molar-refractivity contribution in [3.05, 3.63) is 0 Å². The Labute approximate surface area is 179 Å². The monoisotopic (exact) mass is 442 g/mol. The number of hydrogen-bond acceptors (Lipinski definition) is 6. The highest BCUT2D eigenvalue weighted by molar-refractivity contribution is 7.80. The van der Waals surface area contributed by atoms with Crippen LogP contribution in [0.5, 0.6) is 0 Å². The summed E-state index contributed by atoms with van der Waals surface area (Å²) in [6, 6.07) is 0. The van der Waals surface area contributed by atoms with E-state index in [-0.39, 0.29) is 41.0 Å². The molecule has 4 fully saturated rings. The Morgan fingerprint density at radius 1 is 1.00 bits per heavy atom. The smallest absolute Gasteiger partial charge is 0.397 e. The van der Waals surface area contributed by atoms with Crippen molar-refractivity contribution in [1.29, 1.82) is 0 Å². The van der Waals surface area contributed by atoms with Crippen LogP contribution in [0.2, 0.25) is 0 Å². The lowest BCUT2D eigenvalue weighted by molar-refractivity contribution is -0.184. The highest BCUT2D eigenvalue weighted by Gasteiger charge is 2.60. The number of fused-ring (bicyclic) bond motifs is 5. The molecule has 1 N–H and O–H groups in total. The maximum absolute atomic E-state index is 12.2. The molecule has 0 aromatic rings. The summed E-state index contributed by atoms with van der Waals surface area (Å²) < 4.78 is 42.3. The molecule has 170 valence electrons.